The maximum absolute atomic E-state index is 12.3. The minimum atomic E-state index is -4.39. The highest BCUT2D eigenvalue weighted by Crippen LogP contribution is 2.31. The molecule has 3 N–H and O–H groups in total. The second-order valence-electron chi connectivity index (χ2n) is 4.00. The molecule has 0 saturated carbocycles. The van der Waals surface area contributed by atoms with Crippen LogP contribution in [0.3, 0.4) is 0 Å². The summed E-state index contributed by atoms with van der Waals surface area (Å²) in [5, 5.41) is 0.268. The number of pyridine rings is 1. The van der Waals surface area contributed by atoms with Crippen LogP contribution >= 0.6 is 11.8 Å². The van der Waals surface area contributed by atoms with Gasteiger partial charge in [-0.15, -0.1) is 11.8 Å². The van der Waals surface area contributed by atoms with Crippen LogP contribution in [0.15, 0.2) is 23.4 Å². The lowest BCUT2D eigenvalue weighted by Crippen LogP contribution is -2.38. The first kappa shape index (κ1) is 15.8. The highest BCUT2D eigenvalue weighted by atomic mass is 32.2. The number of carbonyl (C=O) groups is 1. The molecular weight excluding hydrogens is 279 g/mol. The lowest BCUT2D eigenvalue weighted by Gasteiger charge is -2.17. The lowest BCUT2D eigenvalue weighted by atomic mass is 10.1. The molecule has 1 rings (SSSR count). The van der Waals surface area contributed by atoms with Gasteiger partial charge in [0.05, 0.1) is 10.6 Å². The van der Waals surface area contributed by atoms with Gasteiger partial charge in [0.25, 0.3) is 0 Å². The highest BCUT2D eigenvalue weighted by Gasteiger charge is 2.30. The minimum Gasteiger partial charge on any atom is -0.294 e. The largest absolute Gasteiger partial charge is 0.417 e. The van der Waals surface area contributed by atoms with E-state index in [-0.39, 0.29) is 17.1 Å². The molecule has 19 heavy (non-hydrogen) atoms. The Morgan fingerprint density at radius 2 is 2.05 bits per heavy atom. The van der Waals surface area contributed by atoms with E-state index in [1.54, 1.807) is 13.8 Å². The number of rotatable bonds is 4. The molecule has 0 radical (unpaired) electrons. The Balaban J connectivity index is 2.70. The molecule has 0 bridgehead atoms. The maximum Gasteiger partial charge on any atom is 0.417 e. The third-order valence-electron chi connectivity index (χ3n) is 2.63. The van der Waals surface area contributed by atoms with E-state index in [9.17, 15) is 18.0 Å². The molecule has 0 aliphatic rings. The van der Waals surface area contributed by atoms with Crippen LogP contribution < -0.4 is 11.3 Å². The number of amides is 1. The number of alkyl halides is 3. The molecule has 106 valence electrons. The van der Waals surface area contributed by atoms with Crippen molar-refractivity contribution in [3.05, 3.63) is 23.9 Å². The van der Waals surface area contributed by atoms with Gasteiger partial charge >= 0.3 is 6.18 Å². The first-order valence-electron chi connectivity index (χ1n) is 5.46. The van der Waals surface area contributed by atoms with Crippen molar-refractivity contribution >= 4 is 17.7 Å². The predicted molar refractivity (Wildman–Crippen MR) is 66.1 cm³/mol. The Morgan fingerprint density at radius 1 is 1.42 bits per heavy atom. The summed E-state index contributed by atoms with van der Waals surface area (Å²) in [4.78, 5) is 15.0. The molecule has 0 aromatic carbocycles. The maximum atomic E-state index is 12.3. The summed E-state index contributed by atoms with van der Waals surface area (Å²) in [5.41, 5.74) is 1.24. The van der Waals surface area contributed by atoms with E-state index in [4.69, 9.17) is 5.84 Å². The third-order valence-corrected chi connectivity index (χ3v) is 3.89. The molecule has 2 atom stereocenters. The van der Waals surface area contributed by atoms with E-state index < -0.39 is 11.7 Å². The number of halogens is 3. The molecule has 0 spiro atoms. The Morgan fingerprint density at radius 3 is 2.47 bits per heavy atom. The average Bonchev–Trinajstić information content (AvgIpc) is 2.36. The Kier molecular flexibility index (Phi) is 5.19. The van der Waals surface area contributed by atoms with E-state index in [0.29, 0.717) is 5.03 Å². The van der Waals surface area contributed by atoms with Gasteiger partial charge in [0, 0.05) is 17.4 Å². The summed E-state index contributed by atoms with van der Waals surface area (Å²) in [5.74, 6) is 4.32. The number of thioether (sulfide) groups is 1. The summed E-state index contributed by atoms with van der Waals surface area (Å²) in [6.07, 6.45) is -3.61. The van der Waals surface area contributed by atoms with Gasteiger partial charge in [-0.25, -0.2) is 10.8 Å². The molecule has 8 heteroatoms. The molecule has 2 unspecified atom stereocenters. The van der Waals surface area contributed by atoms with Crippen molar-refractivity contribution in [2.75, 3.05) is 0 Å². The number of hydrogen-bond donors (Lipinski definition) is 2. The van der Waals surface area contributed by atoms with Gasteiger partial charge in [-0.1, -0.05) is 13.8 Å². The first-order valence-corrected chi connectivity index (χ1v) is 6.34. The molecule has 1 aromatic heterocycles. The molecule has 1 aromatic rings. The summed E-state index contributed by atoms with van der Waals surface area (Å²) in [6, 6.07) is 2.26. The van der Waals surface area contributed by atoms with Gasteiger partial charge in [-0.2, -0.15) is 13.2 Å². The van der Waals surface area contributed by atoms with Crippen molar-refractivity contribution in [1.82, 2.24) is 10.4 Å². The number of hydrogen-bond acceptors (Lipinski definition) is 4. The second-order valence-corrected chi connectivity index (χ2v) is 5.40. The fourth-order valence-electron chi connectivity index (χ4n) is 1.25. The summed E-state index contributed by atoms with van der Waals surface area (Å²) < 4.78 is 37.0. The minimum absolute atomic E-state index is 0.159. The monoisotopic (exact) mass is 293 g/mol. The summed E-state index contributed by atoms with van der Waals surface area (Å²) in [7, 11) is 0. The van der Waals surface area contributed by atoms with E-state index in [1.165, 1.54) is 17.8 Å². The van der Waals surface area contributed by atoms with Gasteiger partial charge in [0.1, 0.15) is 0 Å². The van der Waals surface area contributed by atoms with Gasteiger partial charge in [-0.05, 0) is 12.1 Å². The van der Waals surface area contributed by atoms with Crippen LogP contribution in [0.1, 0.15) is 19.4 Å². The Hall–Kier alpha value is -1.28. The lowest BCUT2D eigenvalue weighted by molar-refractivity contribution is -0.137. The SMILES string of the molecule is CC(Sc1ccc(C(F)(F)F)cn1)C(C)C(=O)NN. The third kappa shape index (κ3) is 4.39. The zero-order chi connectivity index (χ0) is 14.6. The first-order chi connectivity index (χ1) is 8.75. The molecular formula is C11H14F3N3OS. The van der Waals surface area contributed by atoms with Crippen molar-refractivity contribution in [2.24, 2.45) is 11.8 Å². The number of aromatic nitrogens is 1. The van der Waals surface area contributed by atoms with E-state index in [1.807, 2.05) is 5.43 Å². The van der Waals surface area contributed by atoms with Crippen LogP contribution in [0.2, 0.25) is 0 Å². The second kappa shape index (κ2) is 6.25. The average molecular weight is 293 g/mol. The molecule has 0 aliphatic heterocycles. The molecule has 0 saturated heterocycles. The zero-order valence-electron chi connectivity index (χ0n) is 10.4. The van der Waals surface area contributed by atoms with Crippen molar-refractivity contribution in [3.63, 3.8) is 0 Å². The standard InChI is InChI=1S/C11H14F3N3OS/c1-6(10(18)17-15)7(2)19-9-4-3-8(5-16-9)11(12,13)14/h3-7H,15H2,1-2H3,(H,17,18). The smallest absolute Gasteiger partial charge is 0.294 e. The number of nitrogens with one attached hydrogen (secondary N) is 1. The fourth-order valence-corrected chi connectivity index (χ4v) is 2.22. The molecule has 0 aliphatic carbocycles. The van der Waals surface area contributed by atoms with Crippen LogP contribution in [-0.2, 0) is 11.0 Å². The van der Waals surface area contributed by atoms with E-state index in [2.05, 4.69) is 4.98 Å². The fraction of sp³-hybridized carbons (Fsp3) is 0.455. The summed E-state index contributed by atoms with van der Waals surface area (Å²) >= 11 is 1.22. The number of carbonyl (C=O) groups excluding carboxylic acids is 1. The number of nitrogens with zero attached hydrogens (tertiary/aromatic N) is 1. The normalized spacial score (nSPS) is 14.8. The number of hydrazine groups is 1. The molecule has 4 nitrogen and oxygen atoms in total. The van der Waals surface area contributed by atoms with E-state index >= 15 is 0 Å². The van der Waals surface area contributed by atoms with Crippen LogP contribution in [0.4, 0.5) is 13.2 Å². The number of nitrogens with two attached hydrogens (primary N) is 1. The molecule has 1 heterocycles. The predicted octanol–water partition coefficient (Wildman–Crippen LogP) is 2.21. The van der Waals surface area contributed by atoms with Gasteiger partial charge in [0.2, 0.25) is 5.91 Å². The van der Waals surface area contributed by atoms with Crippen LogP contribution in [0.5, 0.6) is 0 Å². The summed E-state index contributed by atoms with van der Waals surface area (Å²) in [6.45, 7) is 3.47. The van der Waals surface area contributed by atoms with Crippen molar-refractivity contribution in [3.8, 4) is 0 Å². The van der Waals surface area contributed by atoms with E-state index in [0.717, 1.165) is 12.3 Å². The van der Waals surface area contributed by atoms with Crippen LogP contribution in [-0.4, -0.2) is 16.1 Å². The van der Waals surface area contributed by atoms with Gasteiger partial charge < -0.3 is 0 Å². The zero-order valence-corrected chi connectivity index (χ0v) is 11.2. The Bertz CT molecular complexity index is 436. The van der Waals surface area contributed by atoms with Crippen molar-refractivity contribution in [1.29, 1.82) is 0 Å². The van der Waals surface area contributed by atoms with Crippen molar-refractivity contribution in [2.45, 2.75) is 30.3 Å². The molecule has 0 fully saturated rings. The topological polar surface area (TPSA) is 68.0 Å². The quantitative estimate of drug-likeness (QED) is 0.386. The molecule has 1 amide bonds. The van der Waals surface area contributed by atoms with Gasteiger partial charge in [-0.3, -0.25) is 10.2 Å². The van der Waals surface area contributed by atoms with Gasteiger partial charge in [0.15, 0.2) is 0 Å². The van der Waals surface area contributed by atoms with Crippen molar-refractivity contribution < 1.29 is 18.0 Å². The van der Waals surface area contributed by atoms with Crippen LogP contribution in [0, 0.1) is 5.92 Å². The highest BCUT2D eigenvalue weighted by molar-refractivity contribution is 7.99. The Labute approximate surface area is 112 Å². The van der Waals surface area contributed by atoms with Crippen LogP contribution in [0.25, 0.3) is 0 Å².